The van der Waals surface area contributed by atoms with Gasteiger partial charge in [-0.25, -0.2) is 5.43 Å². The number of hydrazone groups is 1. The van der Waals surface area contributed by atoms with Crippen molar-refractivity contribution >= 4 is 33.7 Å². The van der Waals surface area contributed by atoms with Gasteiger partial charge in [0.15, 0.2) is 0 Å². The molecule has 5 heteroatoms. The lowest BCUT2D eigenvalue weighted by atomic mass is 9.97. The molecule has 5 aromatic rings. The molecule has 0 saturated carbocycles. The van der Waals surface area contributed by atoms with Crippen LogP contribution in [0.4, 0.5) is 0 Å². The van der Waals surface area contributed by atoms with Crippen LogP contribution in [0, 0.1) is 0 Å². The van der Waals surface area contributed by atoms with E-state index in [-0.39, 0.29) is 0 Å². The number of nitrogens with one attached hydrogen (secondary N) is 1. The molecule has 0 aliphatic heterocycles. The van der Waals surface area contributed by atoms with E-state index in [1.807, 2.05) is 72.8 Å². The van der Waals surface area contributed by atoms with Crippen LogP contribution < -0.4 is 14.9 Å². The van der Waals surface area contributed by atoms with Gasteiger partial charge in [-0.3, -0.25) is 4.79 Å². The second-order valence-electron chi connectivity index (χ2n) is 7.66. The SMILES string of the molecule is O=C(N/N=C\c1c2ccccc2cc2ccccc12)C(Oc1ccccc1)Oc1ccccc1. The predicted molar refractivity (Wildman–Crippen MR) is 135 cm³/mol. The van der Waals surface area contributed by atoms with Gasteiger partial charge in [-0.05, 0) is 51.9 Å². The third kappa shape index (κ3) is 4.74. The van der Waals surface area contributed by atoms with Crippen molar-refractivity contribution in [3.8, 4) is 11.5 Å². The highest BCUT2D eigenvalue weighted by atomic mass is 16.7. The molecule has 0 bridgehead atoms. The monoisotopic (exact) mass is 446 g/mol. The topological polar surface area (TPSA) is 59.9 Å². The van der Waals surface area contributed by atoms with Crippen LogP contribution in [0.1, 0.15) is 5.56 Å². The summed E-state index contributed by atoms with van der Waals surface area (Å²) in [5.41, 5.74) is 3.51. The first-order chi connectivity index (χ1) is 16.8. The fourth-order valence-electron chi connectivity index (χ4n) is 3.78. The summed E-state index contributed by atoms with van der Waals surface area (Å²) in [6, 6.07) is 36.5. The Kier molecular flexibility index (Phi) is 6.16. The van der Waals surface area contributed by atoms with Crippen molar-refractivity contribution < 1.29 is 14.3 Å². The van der Waals surface area contributed by atoms with Gasteiger partial charge in [0.2, 0.25) is 0 Å². The van der Waals surface area contributed by atoms with Gasteiger partial charge in [0, 0.05) is 5.56 Å². The number of amides is 1. The minimum Gasteiger partial charge on any atom is -0.446 e. The first-order valence-corrected chi connectivity index (χ1v) is 10.9. The maximum absolute atomic E-state index is 13.0. The molecule has 0 fully saturated rings. The van der Waals surface area contributed by atoms with Crippen LogP contribution in [0.2, 0.25) is 0 Å². The molecule has 0 heterocycles. The van der Waals surface area contributed by atoms with Crippen LogP contribution in [0.5, 0.6) is 11.5 Å². The number of fused-ring (bicyclic) bond motifs is 2. The van der Waals surface area contributed by atoms with Crippen molar-refractivity contribution in [2.45, 2.75) is 6.29 Å². The summed E-state index contributed by atoms with van der Waals surface area (Å²) < 4.78 is 11.6. The Morgan fingerprint density at radius 3 is 1.68 bits per heavy atom. The number of hydrogen-bond donors (Lipinski definition) is 1. The Bertz CT molecular complexity index is 1350. The zero-order valence-electron chi connectivity index (χ0n) is 18.3. The molecule has 1 amide bonds. The van der Waals surface area contributed by atoms with Crippen molar-refractivity contribution in [1.82, 2.24) is 5.43 Å². The Morgan fingerprint density at radius 2 is 1.15 bits per heavy atom. The third-order valence-electron chi connectivity index (χ3n) is 5.37. The number of hydrogen-bond acceptors (Lipinski definition) is 4. The molecule has 0 unspecified atom stereocenters. The molecule has 166 valence electrons. The number of carbonyl (C=O) groups is 1. The largest absolute Gasteiger partial charge is 0.446 e. The lowest BCUT2D eigenvalue weighted by molar-refractivity contribution is -0.140. The second-order valence-corrected chi connectivity index (χ2v) is 7.66. The summed E-state index contributed by atoms with van der Waals surface area (Å²) in [6.45, 7) is 0. The van der Waals surface area contributed by atoms with Gasteiger partial charge in [-0.1, -0.05) is 84.9 Å². The van der Waals surface area contributed by atoms with E-state index in [4.69, 9.17) is 9.47 Å². The van der Waals surface area contributed by atoms with E-state index in [9.17, 15) is 4.79 Å². The molecule has 0 radical (unpaired) electrons. The average molecular weight is 447 g/mol. The van der Waals surface area contributed by atoms with Gasteiger partial charge in [0.25, 0.3) is 0 Å². The number of carbonyl (C=O) groups excluding carboxylic acids is 1. The summed E-state index contributed by atoms with van der Waals surface area (Å²) >= 11 is 0. The summed E-state index contributed by atoms with van der Waals surface area (Å²) in [5, 5.41) is 8.57. The van der Waals surface area contributed by atoms with Gasteiger partial charge in [-0.15, -0.1) is 0 Å². The summed E-state index contributed by atoms with van der Waals surface area (Å²) in [7, 11) is 0. The minimum atomic E-state index is -1.22. The molecule has 0 aliphatic rings. The summed E-state index contributed by atoms with van der Waals surface area (Å²) in [6.07, 6.45) is 0.455. The van der Waals surface area contributed by atoms with Crippen LogP contribution in [0.3, 0.4) is 0 Å². The lowest BCUT2D eigenvalue weighted by Crippen LogP contribution is -2.40. The van der Waals surface area contributed by atoms with Crippen LogP contribution in [0.15, 0.2) is 120 Å². The quantitative estimate of drug-likeness (QED) is 0.146. The second kappa shape index (κ2) is 9.88. The van der Waals surface area contributed by atoms with E-state index in [0.29, 0.717) is 11.5 Å². The highest BCUT2D eigenvalue weighted by molar-refractivity contribution is 6.13. The molecular formula is C29H22N2O3. The molecule has 0 aromatic heterocycles. The average Bonchev–Trinajstić information content (AvgIpc) is 2.89. The zero-order chi connectivity index (χ0) is 23.2. The first-order valence-electron chi connectivity index (χ1n) is 10.9. The molecule has 0 aliphatic carbocycles. The number of benzene rings is 5. The smallest absolute Gasteiger partial charge is 0.323 e. The molecule has 5 nitrogen and oxygen atoms in total. The van der Waals surface area contributed by atoms with Crippen molar-refractivity contribution in [2.75, 3.05) is 0 Å². The van der Waals surface area contributed by atoms with Crippen molar-refractivity contribution in [2.24, 2.45) is 5.10 Å². The highest BCUT2D eigenvalue weighted by Gasteiger charge is 2.22. The number of rotatable bonds is 7. The number of ether oxygens (including phenoxy) is 2. The molecular weight excluding hydrogens is 424 g/mol. The zero-order valence-corrected chi connectivity index (χ0v) is 18.3. The number of nitrogens with zero attached hydrogens (tertiary/aromatic N) is 1. The molecule has 1 N–H and O–H groups in total. The van der Waals surface area contributed by atoms with Gasteiger partial charge in [0.1, 0.15) is 11.5 Å². The van der Waals surface area contributed by atoms with Crippen LogP contribution in [-0.4, -0.2) is 18.4 Å². The molecule has 0 atom stereocenters. The van der Waals surface area contributed by atoms with Crippen molar-refractivity contribution in [1.29, 1.82) is 0 Å². The summed E-state index contributed by atoms with van der Waals surface area (Å²) in [5.74, 6) is 0.513. The van der Waals surface area contributed by atoms with Crippen molar-refractivity contribution in [3.63, 3.8) is 0 Å². The fraction of sp³-hybridized carbons (Fsp3) is 0.0345. The lowest BCUT2D eigenvalue weighted by Gasteiger charge is -2.18. The summed E-state index contributed by atoms with van der Waals surface area (Å²) in [4.78, 5) is 13.0. The Hall–Kier alpha value is -4.64. The van der Waals surface area contributed by atoms with E-state index in [0.717, 1.165) is 27.1 Å². The Morgan fingerprint density at radius 1 is 0.676 bits per heavy atom. The van der Waals surface area contributed by atoms with Gasteiger partial charge in [-0.2, -0.15) is 5.10 Å². The van der Waals surface area contributed by atoms with Gasteiger partial charge >= 0.3 is 12.2 Å². The maximum Gasteiger partial charge on any atom is 0.323 e. The van der Waals surface area contributed by atoms with Gasteiger partial charge < -0.3 is 9.47 Å². The van der Waals surface area contributed by atoms with E-state index in [2.05, 4.69) is 28.7 Å². The van der Waals surface area contributed by atoms with Crippen LogP contribution in [-0.2, 0) is 4.79 Å². The first kappa shape index (κ1) is 21.2. The highest BCUT2D eigenvalue weighted by Crippen LogP contribution is 2.27. The standard InChI is InChI=1S/C29H22N2O3/c32-28(29(33-23-13-3-1-4-14-23)34-24-15-5-2-6-16-24)31-30-20-27-25-17-9-7-11-21(25)19-22-12-8-10-18-26(22)27/h1-20,29H,(H,31,32)/b30-20-. The third-order valence-corrected chi connectivity index (χ3v) is 5.37. The minimum absolute atomic E-state index is 0.516. The molecule has 0 saturated heterocycles. The van der Waals surface area contributed by atoms with Crippen LogP contribution >= 0.6 is 0 Å². The van der Waals surface area contributed by atoms with E-state index in [1.165, 1.54) is 0 Å². The molecule has 34 heavy (non-hydrogen) atoms. The van der Waals surface area contributed by atoms with E-state index in [1.54, 1.807) is 30.5 Å². The molecule has 5 rings (SSSR count). The number of para-hydroxylation sites is 2. The molecule has 0 spiro atoms. The van der Waals surface area contributed by atoms with Crippen molar-refractivity contribution in [3.05, 3.63) is 121 Å². The molecule has 5 aromatic carbocycles. The van der Waals surface area contributed by atoms with E-state index < -0.39 is 12.2 Å². The fourth-order valence-corrected chi connectivity index (χ4v) is 3.78. The Labute approximate surface area is 197 Å². The Balaban J connectivity index is 1.41. The van der Waals surface area contributed by atoms with Crippen LogP contribution in [0.25, 0.3) is 21.5 Å². The predicted octanol–water partition coefficient (Wildman–Crippen LogP) is 5.93. The van der Waals surface area contributed by atoms with E-state index >= 15 is 0 Å². The normalized spacial score (nSPS) is 11.2. The maximum atomic E-state index is 13.0. The van der Waals surface area contributed by atoms with Gasteiger partial charge in [0.05, 0.1) is 6.21 Å².